The molecule has 1 saturated heterocycles. The van der Waals surface area contributed by atoms with Gasteiger partial charge in [-0.3, -0.25) is 4.79 Å². The zero-order chi connectivity index (χ0) is 24.9. The highest BCUT2D eigenvalue weighted by atomic mass is 19.1. The van der Waals surface area contributed by atoms with E-state index in [-0.39, 0.29) is 11.3 Å². The van der Waals surface area contributed by atoms with Gasteiger partial charge in [0.25, 0.3) is 5.56 Å². The Hall–Kier alpha value is -3.84. The van der Waals surface area contributed by atoms with Crippen molar-refractivity contribution >= 4 is 23.2 Å². The van der Waals surface area contributed by atoms with Crippen molar-refractivity contribution in [1.82, 2.24) is 9.88 Å². The Morgan fingerprint density at radius 2 is 1.91 bits per heavy atom. The van der Waals surface area contributed by atoms with Crippen molar-refractivity contribution in [1.29, 1.82) is 0 Å². The summed E-state index contributed by atoms with van der Waals surface area (Å²) in [6, 6.07) is 14.1. The van der Waals surface area contributed by atoms with Gasteiger partial charge in [0.05, 0.1) is 12.7 Å². The summed E-state index contributed by atoms with van der Waals surface area (Å²) in [5, 5.41) is 3.24. The molecular formula is C28H31FN4O2. The Kier molecular flexibility index (Phi) is 7.36. The first-order valence-corrected chi connectivity index (χ1v) is 11.6. The van der Waals surface area contributed by atoms with Crippen LogP contribution in [0.15, 0.2) is 66.1 Å². The third-order valence-electron chi connectivity index (χ3n) is 6.47. The van der Waals surface area contributed by atoms with Crippen LogP contribution < -0.4 is 21.3 Å². The highest BCUT2D eigenvalue weighted by Gasteiger charge is 2.18. The van der Waals surface area contributed by atoms with Gasteiger partial charge in [-0.1, -0.05) is 18.7 Å². The number of pyridine rings is 1. The second-order valence-corrected chi connectivity index (χ2v) is 8.88. The average molecular weight is 475 g/mol. The largest absolute Gasteiger partial charge is 0.496 e. The number of benzene rings is 2. The number of nitrogens with two attached hydrogens (primary N) is 1. The van der Waals surface area contributed by atoms with Gasteiger partial charge in [0.1, 0.15) is 11.6 Å². The van der Waals surface area contributed by atoms with Gasteiger partial charge in [0.2, 0.25) is 0 Å². The molecule has 1 aromatic heterocycles. The first-order chi connectivity index (χ1) is 16.9. The smallest absolute Gasteiger partial charge is 0.257 e. The summed E-state index contributed by atoms with van der Waals surface area (Å²) in [4.78, 5) is 17.8. The van der Waals surface area contributed by atoms with Crippen LogP contribution in [0.1, 0.15) is 41.0 Å². The van der Waals surface area contributed by atoms with Gasteiger partial charge in [-0.15, -0.1) is 0 Å². The molecule has 4 rings (SSSR count). The summed E-state index contributed by atoms with van der Waals surface area (Å²) < 4.78 is 19.2. The van der Waals surface area contributed by atoms with E-state index < -0.39 is 5.82 Å². The predicted octanol–water partition coefficient (Wildman–Crippen LogP) is 4.87. The van der Waals surface area contributed by atoms with Gasteiger partial charge in [-0.25, -0.2) is 4.39 Å². The summed E-state index contributed by atoms with van der Waals surface area (Å²) in [6.07, 6.45) is 5.47. The van der Waals surface area contributed by atoms with E-state index in [2.05, 4.69) is 41.0 Å². The van der Waals surface area contributed by atoms with E-state index in [1.54, 1.807) is 12.1 Å². The topological polar surface area (TPSA) is 83.4 Å². The van der Waals surface area contributed by atoms with E-state index in [9.17, 15) is 9.18 Å². The number of hydrogen-bond donors (Lipinski definition) is 3. The second-order valence-electron chi connectivity index (χ2n) is 8.88. The minimum atomic E-state index is -0.432. The number of aromatic nitrogens is 1. The lowest BCUT2D eigenvalue weighted by molar-refractivity contribution is 0.255. The quantitative estimate of drug-likeness (QED) is 0.455. The summed E-state index contributed by atoms with van der Waals surface area (Å²) >= 11 is 0. The van der Waals surface area contributed by atoms with Crippen LogP contribution in [0.25, 0.3) is 17.5 Å². The number of methoxy groups -OCH3 is 1. The molecule has 2 aromatic carbocycles. The predicted molar refractivity (Wildman–Crippen MR) is 141 cm³/mol. The lowest BCUT2D eigenvalue weighted by Gasteiger charge is -2.29. The second kappa shape index (κ2) is 10.6. The molecule has 0 atom stereocenters. The van der Waals surface area contributed by atoms with Gasteiger partial charge in [-0.2, -0.15) is 0 Å². The van der Waals surface area contributed by atoms with Crippen LogP contribution >= 0.6 is 0 Å². The first kappa shape index (κ1) is 24.3. The molecule has 4 N–H and O–H groups in total. The van der Waals surface area contributed by atoms with E-state index in [1.165, 1.54) is 37.1 Å². The highest BCUT2D eigenvalue weighted by Crippen LogP contribution is 2.30. The molecule has 0 radical (unpaired) electrons. The van der Waals surface area contributed by atoms with Gasteiger partial charge < -0.3 is 25.7 Å². The molecule has 1 aliphatic heterocycles. The van der Waals surface area contributed by atoms with Crippen molar-refractivity contribution in [3.05, 3.63) is 99.7 Å². The number of halogens is 1. The molecule has 7 heteroatoms. The molecule has 0 spiro atoms. The molecule has 0 unspecified atom stereocenters. The zero-order valence-electron chi connectivity index (χ0n) is 20.1. The minimum absolute atomic E-state index is 0.267. The normalized spacial score (nSPS) is 15.1. The molecule has 3 aromatic rings. The molecule has 0 amide bonds. The van der Waals surface area contributed by atoms with Gasteiger partial charge in [0, 0.05) is 28.8 Å². The van der Waals surface area contributed by atoms with E-state index in [0.29, 0.717) is 34.1 Å². The number of ether oxygens (including phenoxy) is 1. The summed E-state index contributed by atoms with van der Waals surface area (Å²) in [5.41, 5.74) is 10.2. The average Bonchev–Trinajstić information content (AvgIpc) is 2.85. The number of aromatic amines is 1. The summed E-state index contributed by atoms with van der Waals surface area (Å²) in [5.74, 6) is 0.575. The first-order valence-electron chi connectivity index (χ1n) is 11.6. The van der Waals surface area contributed by atoms with Crippen LogP contribution in [0.5, 0.6) is 5.75 Å². The third kappa shape index (κ3) is 5.63. The number of nitrogens with zero attached hydrogens (tertiary/aromatic N) is 1. The van der Waals surface area contributed by atoms with E-state index in [4.69, 9.17) is 10.5 Å². The van der Waals surface area contributed by atoms with Gasteiger partial charge in [-0.05, 0) is 92.5 Å². The SMILES string of the molecule is C=C(Nc1ccc(C2CCN(C)CC2)cc1)c1c(/C=C(\N)c2cc(F)ccc2OC)cc[nH]c1=O. The van der Waals surface area contributed by atoms with Crippen molar-refractivity contribution in [2.24, 2.45) is 5.73 Å². The van der Waals surface area contributed by atoms with Crippen molar-refractivity contribution in [2.75, 3.05) is 32.6 Å². The lowest BCUT2D eigenvalue weighted by atomic mass is 9.89. The monoisotopic (exact) mass is 474 g/mol. The van der Waals surface area contributed by atoms with Crippen molar-refractivity contribution in [3.63, 3.8) is 0 Å². The maximum absolute atomic E-state index is 13.8. The van der Waals surface area contributed by atoms with Crippen molar-refractivity contribution in [2.45, 2.75) is 18.8 Å². The Labute approximate surface area is 204 Å². The summed E-state index contributed by atoms with van der Waals surface area (Å²) in [6.45, 7) is 6.32. The standard InChI is InChI=1S/C28H31FN4O2/c1-18(32-23-7-4-19(5-8-23)20-11-14-33(2)15-12-20)27-21(10-13-31-28(27)34)16-25(30)24-17-22(29)6-9-26(24)35-3/h4-10,13,16-17,20,32H,1,11-12,14-15,30H2,2-3H3,(H,31,34)/b25-16-. The molecule has 2 heterocycles. The number of piperidine rings is 1. The van der Waals surface area contributed by atoms with E-state index in [1.807, 2.05) is 12.1 Å². The lowest BCUT2D eigenvalue weighted by Crippen LogP contribution is -2.29. The molecule has 182 valence electrons. The molecule has 6 nitrogen and oxygen atoms in total. The van der Waals surface area contributed by atoms with Crippen molar-refractivity contribution < 1.29 is 9.13 Å². The van der Waals surface area contributed by atoms with E-state index >= 15 is 0 Å². The fourth-order valence-electron chi connectivity index (χ4n) is 4.49. The molecule has 1 aliphatic rings. The highest BCUT2D eigenvalue weighted by molar-refractivity contribution is 5.87. The minimum Gasteiger partial charge on any atom is -0.496 e. The fraction of sp³-hybridized carbons (Fsp3) is 0.250. The molecule has 1 fully saturated rings. The summed E-state index contributed by atoms with van der Waals surface area (Å²) in [7, 11) is 3.65. The number of anilines is 1. The third-order valence-corrected chi connectivity index (χ3v) is 6.47. The Morgan fingerprint density at radius 3 is 2.60 bits per heavy atom. The fourth-order valence-corrected chi connectivity index (χ4v) is 4.49. The Morgan fingerprint density at radius 1 is 1.20 bits per heavy atom. The van der Waals surface area contributed by atoms with Crippen molar-refractivity contribution in [3.8, 4) is 5.75 Å². The molecule has 0 bridgehead atoms. The number of H-pyrrole nitrogens is 1. The molecular weight excluding hydrogens is 443 g/mol. The number of likely N-dealkylation sites (tertiary alicyclic amines) is 1. The zero-order valence-corrected chi connectivity index (χ0v) is 20.1. The Bertz CT molecular complexity index is 1290. The van der Waals surface area contributed by atoms with Gasteiger partial charge >= 0.3 is 0 Å². The van der Waals surface area contributed by atoms with Crippen LogP contribution in [-0.4, -0.2) is 37.1 Å². The number of nitrogens with one attached hydrogen (secondary N) is 2. The van der Waals surface area contributed by atoms with Crippen LogP contribution in [0, 0.1) is 5.82 Å². The molecule has 0 saturated carbocycles. The molecule has 35 heavy (non-hydrogen) atoms. The maximum Gasteiger partial charge on any atom is 0.257 e. The number of hydrogen-bond acceptors (Lipinski definition) is 5. The van der Waals surface area contributed by atoms with Crippen LogP contribution in [0.4, 0.5) is 10.1 Å². The maximum atomic E-state index is 13.8. The Balaban J connectivity index is 1.57. The van der Waals surface area contributed by atoms with Crippen LogP contribution in [-0.2, 0) is 0 Å². The van der Waals surface area contributed by atoms with Crippen LogP contribution in [0.3, 0.4) is 0 Å². The number of rotatable bonds is 7. The van der Waals surface area contributed by atoms with E-state index in [0.717, 1.165) is 31.6 Å². The molecule has 0 aliphatic carbocycles. The van der Waals surface area contributed by atoms with Crippen LogP contribution in [0.2, 0.25) is 0 Å². The van der Waals surface area contributed by atoms with Gasteiger partial charge in [0.15, 0.2) is 0 Å².